The fraction of sp³-hybridized carbons (Fsp3) is 0.259. The molecule has 0 bridgehead atoms. The number of alkyl halides is 3. The minimum Gasteiger partial charge on any atom is -0.438 e. The van der Waals surface area contributed by atoms with Crippen LogP contribution in [0.15, 0.2) is 67.1 Å². The van der Waals surface area contributed by atoms with Crippen molar-refractivity contribution in [3.05, 3.63) is 78.4 Å². The Morgan fingerprint density at radius 1 is 0.974 bits per heavy atom. The Labute approximate surface area is 222 Å². The first kappa shape index (κ1) is 26.2. The second-order valence-electron chi connectivity index (χ2n) is 9.15. The summed E-state index contributed by atoms with van der Waals surface area (Å²) >= 11 is 0. The average molecular weight is 538 g/mol. The molecule has 39 heavy (non-hydrogen) atoms. The highest BCUT2D eigenvalue weighted by Gasteiger charge is 2.32. The Kier molecular flexibility index (Phi) is 7.46. The number of nitrogens with one attached hydrogen (secondary N) is 2. The van der Waals surface area contributed by atoms with E-state index in [0.29, 0.717) is 22.9 Å². The normalized spacial score (nSPS) is 14.3. The molecule has 2 aromatic carbocycles. The molecule has 1 aliphatic heterocycles. The maximum absolute atomic E-state index is 12.6. The molecule has 1 fully saturated rings. The second-order valence-corrected chi connectivity index (χ2v) is 9.15. The highest BCUT2D eigenvalue weighted by atomic mass is 19.4. The molecule has 5 rings (SSSR count). The van der Waals surface area contributed by atoms with Crippen molar-refractivity contribution >= 4 is 28.3 Å². The maximum atomic E-state index is 12.6. The number of anilines is 2. The molecule has 0 saturated carbocycles. The van der Waals surface area contributed by atoms with E-state index in [-0.39, 0.29) is 6.54 Å². The number of urea groups is 1. The van der Waals surface area contributed by atoms with Crippen LogP contribution in [0.1, 0.15) is 11.3 Å². The summed E-state index contributed by atoms with van der Waals surface area (Å²) in [6, 6.07) is 14.4. The SMILES string of the molecule is CN1CCN(c2ccc3c(Oc4ccc(NC(=O)NCc5ccc(C(F)(F)F)nc5)cc4)ncnc3c2)CC1. The standard InChI is InChI=1S/C27H26F3N7O2/c1-36-10-12-37(13-11-36)20-5-8-22-23(14-20)33-17-34-25(22)39-21-6-3-19(4-7-21)35-26(38)32-16-18-2-9-24(31-15-18)27(28,29)30/h2-9,14-15,17H,10-13,16H2,1H3,(H2,32,35,38). The molecule has 0 spiro atoms. The molecule has 2 aromatic heterocycles. The number of carbonyl (C=O) groups is 1. The van der Waals surface area contributed by atoms with Gasteiger partial charge in [0.15, 0.2) is 0 Å². The number of carbonyl (C=O) groups excluding carboxylic acids is 1. The first-order chi connectivity index (χ1) is 18.7. The second kappa shape index (κ2) is 11.1. The van der Waals surface area contributed by atoms with E-state index >= 15 is 0 Å². The molecular weight excluding hydrogens is 511 g/mol. The Balaban J connectivity index is 1.17. The minimum absolute atomic E-state index is 0.0233. The van der Waals surface area contributed by atoms with Crippen LogP contribution in [0.4, 0.5) is 29.3 Å². The summed E-state index contributed by atoms with van der Waals surface area (Å²) in [5.41, 5.74) is 1.87. The number of benzene rings is 2. The van der Waals surface area contributed by atoms with Crippen LogP contribution in [0.25, 0.3) is 10.9 Å². The van der Waals surface area contributed by atoms with Crippen molar-refractivity contribution in [2.45, 2.75) is 12.7 Å². The van der Waals surface area contributed by atoms with Crippen LogP contribution in [-0.4, -0.2) is 59.1 Å². The topological polar surface area (TPSA) is 95.5 Å². The summed E-state index contributed by atoms with van der Waals surface area (Å²) in [6.45, 7) is 3.97. The van der Waals surface area contributed by atoms with Gasteiger partial charge in [-0.05, 0) is 61.1 Å². The third-order valence-corrected chi connectivity index (χ3v) is 6.35. The molecule has 1 saturated heterocycles. The lowest BCUT2D eigenvalue weighted by Gasteiger charge is -2.34. The van der Waals surface area contributed by atoms with Crippen LogP contribution in [0, 0.1) is 0 Å². The molecule has 2 amide bonds. The van der Waals surface area contributed by atoms with Crippen LogP contribution in [-0.2, 0) is 12.7 Å². The molecule has 12 heteroatoms. The number of piperazine rings is 1. The molecule has 0 aliphatic carbocycles. The van der Waals surface area contributed by atoms with Crippen LogP contribution in [0.2, 0.25) is 0 Å². The van der Waals surface area contributed by atoms with E-state index in [1.807, 2.05) is 12.1 Å². The Hall–Kier alpha value is -4.45. The zero-order valence-electron chi connectivity index (χ0n) is 21.1. The number of nitrogens with zero attached hydrogens (tertiary/aromatic N) is 5. The van der Waals surface area contributed by atoms with Gasteiger partial charge in [-0.1, -0.05) is 6.07 Å². The highest BCUT2D eigenvalue weighted by molar-refractivity contribution is 5.89. The lowest BCUT2D eigenvalue weighted by Crippen LogP contribution is -2.44. The fourth-order valence-electron chi connectivity index (χ4n) is 4.14. The number of hydrogen-bond acceptors (Lipinski definition) is 7. The summed E-state index contributed by atoms with van der Waals surface area (Å²) in [4.78, 5) is 29.0. The van der Waals surface area contributed by atoms with Crippen LogP contribution in [0.3, 0.4) is 0 Å². The van der Waals surface area contributed by atoms with Crippen molar-refractivity contribution in [3.63, 3.8) is 0 Å². The van der Waals surface area contributed by atoms with Crippen molar-refractivity contribution in [1.82, 2.24) is 25.2 Å². The molecule has 2 N–H and O–H groups in total. The van der Waals surface area contributed by atoms with Crippen molar-refractivity contribution in [1.29, 1.82) is 0 Å². The van der Waals surface area contributed by atoms with Gasteiger partial charge in [-0.3, -0.25) is 4.98 Å². The smallest absolute Gasteiger partial charge is 0.433 e. The maximum Gasteiger partial charge on any atom is 0.433 e. The van der Waals surface area contributed by atoms with E-state index < -0.39 is 17.9 Å². The zero-order chi connectivity index (χ0) is 27.4. The molecule has 3 heterocycles. The van der Waals surface area contributed by atoms with Crippen molar-refractivity contribution < 1.29 is 22.7 Å². The third kappa shape index (κ3) is 6.52. The number of pyridine rings is 1. The van der Waals surface area contributed by atoms with Gasteiger partial charge < -0.3 is 25.2 Å². The molecule has 0 radical (unpaired) electrons. The van der Waals surface area contributed by atoms with Crippen molar-refractivity contribution in [2.24, 2.45) is 0 Å². The van der Waals surface area contributed by atoms with Crippen LogP contribution >= 0.6 is 0 Å². The van der Waals surface area contributed by atoms with Crippen molar-refractivity contribution in [3.8, 4) is 11.6 Å². The van der Waals surface area contributed by atoms with Crippen LogP contribution < -0.4 is 20.3 Å². The van der Waals surface area contributed by atoms with E-state index in [4.69, 9.17) is 4.74 Å². The highest BCUT2D eigenvalue weighted by Crippen LogP contribution is 2.30. The minimum atomic E-state index is -4.51. The third-order valence-electron chi connectivity index (χ3n) is 6.35. The Morgan fingerprint density at radius 3 is 2.44 bits per heavy atom. The number of aromatic nitrogens is 3. The number of rotatable bonds is 6. The van der Waals surface area contributed by atoms with Gasteiger partial charge in [-0.2, -0.15) is 13.2 Å². The molecule has 202 valence electrons. The number of likely N-dealkylation sites (N-methyl/N-ethyl adjacent to an activating group) is 1. The van der Waals surface area contributed by atoms with E-state index in [1.54, 1.807) is 24.3 Å². The molecule has 1 aliphatic rings. The summed E-state index contributed by atoms with van der Waals surface area (Å²) < 4.78 is 43.9. The molecular formula is C27H26F3N7O2. The van der Waals surface area contributed by atoms with Gasteiger partial charge in [0.2, 0.25) is 5.88 Å². The van der Waals surface area contributed by atoms with Gasteiger partial charge in [-0.15, -0.1) is 0 Å². The zero-order valence-corrected chi connectivity index (χ0v) is 21.1. The number of hydrogen-bond donors (Lipinski definition) is 2. The summed E-state index contributed by atoms with van der Waals surface area (Å²) in [5, 5.41) is 6.04. The monoisotopic (exact) mass is 537 g/mol. The van der Waals surface area contributed by atoms with Crippen LogP contribution in [0.5, 0.6) is 11.6 Å². The van der Waals surface area contributed by atoms with E-state index in [0.717, 1.165) is 55.0 Å². The summed E-state index contributed by atoms with van der Waals surface area (Å²) in [7, 11) is 2.12. The lowest BCUT2D eigenvalue weighted by atomic mass is 10.2. The number of halogens is 3. The van der Waals surface area contributed by atoms with E-state index in [2.05, 4.69) is 48.5 Å². The first-order valence-corrected chi connectivity index (χ1v) is 12.3. The molecule has 0 unspecified atom stereocenters. The van der Waals surface area contributed by atoms with E-state index in [1.165, 1.54) is 12.4 Å². The van der Waals surface area contributed by atoms with Gasteiger partial charge in [0, 0.05) is 50.3 Å². The van der Waals surface area contributed by atoms with Gasteiger partial charge in [0.25, 0.3) is 0 Å². The van der Waals surface area contributed by atoms with E-state index in [9.17, 15) is 18.0 Å². The largest absolute Gasteiger partial charge is 0.438 e. The quantitative estimate of drug-likeness (QED) is 0.361. The molecule has 4 aromatic rings. The summed E-state index contributed by atoms with van der Waals surface area (Å²) in [6.07, 6.45) is -1.95. The van der Waals surface area contributed by atoms with Gasteiger partial charge in [-0.25, -0.2) is 14.8 Å². The number of amides is 2. The fourth-order valence-corrected chi connectivity index (χ4v) is 4.14. The van der Waals surface area contributed by atoms with Gasteiger partial charge in [0.1, 0.15) is 17.8 Å². The van der Waals surface area contributed by atoms with Crippen molar-refractivity contribution in [2.75, 3.05) is 43.4 Å². The predicted octanol–water partition coefficient (Wildman–Crippen LogP) is 4.91. The predicted molar refractivity (Wildman–Crippen MR) is 141 cm³/mol. The molecule has 9 nitrogen and oxygen atoms in total. The molecule has 0 atom stereocenters. The summed E-state index contributed by atoms with van der Waals surface area (Å²) in [5.74, 6) is 0.952. The van der Waals surface area contributed by atoms with Gasteiger partial charge in [0.05, 0.1) is 10.9 Å². The Bertz CT molecular complexity index is 1440. The van der Waals surface area contributed by atoms with Gasteiger partial charge >= 0.3 is 12.2 Å². The number of ether oxygens (including phenoxy) is 1. The Morgan fingerprint density at radius 2 is 1.74 bits per heavy atom. The number of fused-ring (bicyclic) bond motifs is 1. The first-order valence-electron chi connectivity index (χ1n) is 12.3. The average Bonchev–Trinajstić information content (AvgIpc) is 2.93. The lowest BCUT2D eigenvalue weighted by molar-refractivity contribution is -0.141.